The zero-order valence-corrected chi connectivity index (χ0v) is 16.3. The van der Waals surface area contributed by atoms with Crippen LogP contribution in [-0.2, 0) is 14.3 Å². The molecule has 3 aliphatic rings. The number of nitrogens with zero attached hydrogens (tertiary/aromatic N) is 2. The molecule has 0 radical (unpaired) electrons. The molecule has 1 spiro atoms. The van der Waals surface area contributed by atoms with Gasteiger partial charge in [0.1, 0.15) is 6.10 Å². The van der Waals surface area contributed by atoms with Crippen molar-refractivity contribution >= 4 is 17.9 Å². The van der Waals surface area contributed by atoms with E-state index in [2.05, 4.69) is 29.6 Å². The van der Waals surface area contributed by atoms with Crippen molar-refractivity contribution in [2.45, 2.75) is 25.4 Å². The topological polar surface area (TPSA) is 61.9 Å². The Bertz CT molecular complexity index is 720. The monoisotopic (exact) mass is 383 g/mol. The quantitative estimate of drug-likeness (QED) is 0.857. The summed E-state index contributed by atoms with van der Waals surface area (Å²) in [4.78, 5) is 29.1. The van der Waals surface area contributed by atoms with Gasteiger partial charge >= 0.3 is 0 Å². The van der Waals surface area contributed by atoms with Gasteiger partial charge in [-0.2, -0.15) is 0 Å². The van der Waals surface area contributed by atoms with Crippen molar-refractivity contribution in [1.82, 2.24) is 15.1 Å². The summed E-state index contributed by atoms with van der Waals surface area (Å²) in [6, 6.07) is 10.1. The fraction of sp³-hybridized carbons (Fsp3) is 0.545. The number of morpholine rings is 1. The van der Waals surface area contributed by atoms with Gasteiger partial charge in [0.2, 0.25) is 5.91 Å². The highest BCUT2D eigenvalue weighted by Crippen LogP contribution is 2.41. The Morgan fingerprint density at radius 3 is 2.75 bits per heavy atom. The molecule has 150 valence electrons. The number of ether oxygens (including phenoxy) is 1. The first-order valence-corrected chi connectivity index (χ1v) is 10.3. The van der Waals surface area contributed by atoms with Gasteiger partial charge in [-0.15, -0.1) is 0 Å². The van der Waals surface area contributed by atoms with E-state index in [1.807, 2.05) is 28.0 Å². The molecule has 28 heavy (non-hydrogen) atoms. The summed E-state index contributed by atoms with van der Waals surface area (Å²) < 4.78 is 5.60. The standard InChI is InChI=1S/C22H29N3O3/c26-20-15-22(17-25(20)11-4-7-18-5-2-1-3-6-18)8-12-24(13-9-22)21(27)19-16-23-10-14-28-19/h1-7,19,23H,8-17H2/b7-4+/t19-/m0/s1. The van der Waals surface area contributed by atoms with E-state index in [1.54, 1.807) is 0 Å². The van der Waals surface area contributed by atoms with Crippen molar-refractivity contribution < 1.29 is 14.3 Å². The molecule has 3 fully saturated rings. The number of benzene rings is 1. The van der Waals surface area contributed by atoms with E-state index in [0.29, 0.717) is 26.1 Å². The summed E-state index contributed by atoms with van der Waals surface area (Å²) in [5.74, 6) is 0.325. The zero-order valence-electron chi connectivity index (χ0n) is 16.3. The largest absolute Gasteiger partial charge is 0.366 e. The molecule has 0 aromatic heterocycles. The number of hydrogen-bond donors (Lipinski definition) is 1. The van der Waals surface area contributed by atoms with E-state index in [0.717, 1.165) is 44.6 Å². The number of carbonyl (C=O) groups excluding carboxylic acids is 2. The van der Waals surface area contributed by atoms with Crippen molar-refractivity contribution in [2.24, 2.45) is 5.41 Å². The van der Waals surface area contributed by atoms with Crippen LogP contribution in [0.5, 0.6) is 0 Å². The molecule has 3 heterocycles. The molecule has 0 aliphatic carbocycles. The Kier molecular flexibility index (Phi) is 5.78. The number of rotatable bonds is 4. The average molecular weight is 383 g/mol. The normalized spacial score (nSPS) is 25.0. The van der Waals surface area contributed by atoms with Gasteiger partial charge < -0.3 is 19.9 Å². The number of hydrogen-bond acceptors (Lipinski definition) is 4. The minimum atomic E-state index is -0.354. The van der Waals surface area contributed by atoms with Crippen LogP contribution in [0.2, 0.25) is 0 Å². The second-order valence-corrected chi connectivity index (χ2v) is 8.15. The summed E-state index contributed by atoms with van der Waals surface area (Å²) in [6.07, 6.45) is 6.17. The summed E-state index contributed by atoms with van der Waals surface area (Å²) in [7, 11) is 0. The number of carbonyl (C=O) groups is 2. The molecule has 0 bridgehead atoms. The molecular weight excluding hydrogens is 354 g/mol. The molecule has 0 unspecified atom stereocenters. The lowest BCUT2D eigenvalue weighted by atomic mass is 9.77. The third kappa shape index (κ3) is 4.28. The van der Waals surface area contributed by atoms with Crippen molar-refractivity contribution in [3.8, 4) is 0 Å². The molecule has 1 N–H and O–H groups in total. The lowest BCUT2D eigenvalue weighted by molar-refractivity contribution is -0.147. The van der Waals surface area contributed by atoms with Gasteiger partial charge in [-0.05, 0) is 18.4 Å². The fourth-order valence-electron chi connectivity index (χ4n) is 4.49. The van der Waals surface area contributed by atoms with Gasteiger partial charge in [-0.3, -0.25) is 9.59 Å². The van der Waals surface area contributed by atoms with Crippen LogP contribution in [0.15, 0.2) is 36.4 Å². The molecule has 6 heteroatoms. The Morgan fingerprint density at radius 2 is 2.04 bits per heavy atom. The van der Waals surface area contributed by atoms with E-state index in [9.17, 15) is 9.59 Å². The van der Waals surface area contributed by atoms with E-state index in [4.69, 9.17) is 4.74 Å². The Hall–Kier alpha value is -2.18. The molecule has 2 amide bonds. The molecule has 1 aromatic rings. The summed E-state index contributed by atoms with van der Waals surface area (Å²) in [6.45, 7) is 4.89. The highest BCUT2D eigenvalue weighted by Gasteiger charge is 2.45. The minimum Gasteiger partial charge on any atom is -0.366 e. The summed E-state index contributed by atoms with van der Waals surface area (Å²) >= 11 is 0. The second kappa shape index (κ2) is 8.45. The number of nitrogens with one attached hydrogen (secondary N) is 1. The van der Waals surface area contributed by atoms with Crippen LogP contribution < -0.4 is 5.32 Å². The lowest BCUT2D eigenvalue weighted by Gasteiger charge is -2.40. The van der Waals surface area contributed by atoms with Gasteiger partial charge in [0.25, 0.3) is 5.91 Å². The number of likely N-dealkylation sites (tertiary alicyclic amines) is 2. The molecule has 1 atom stereocenters. The van der Waals surface area contributed by atoms with Crippen LogP contribution in [0.4, 0.5) is 0 Å². The van der Waals surface area contributed by atoms with Crippen molar-refractivity contribution in [1.29, 1.82) is 0 Å². The first kappa shape index (κ1) is 19.2. The van der Waals surface area contributed by atoms with E-state index < -0.39 is 0 Å². The smallest absolute Gasteiger partial charge is 0.253 e. The first-order valence-electron chi connectivity index (χ1n) is 10.3. The molecular formula is C22H29N3O3. The lowest BCUT2D eigenvalue weighted by Crippen LogP contribution is -2.52. The summed E-state index contributed by atoms with van der Waals surface area (Å²) in [5, 5.41) is 3.22. The van der Waals surface area contributed by atoms with Crippen LogP contribution >= 0.6 is 0 Å². The van der Waals surface area contributed by atoms with Crippen LogP contribution in [0, 0.1) is 5.41 Å². The van der Waals surface area contributed by atoms with Gasteiger partial charge in [0.05, 0.1) is 6.61 Å². The SMILES string of the molecule is O=C1CC2(CCN(C(=O)[C@@H]3CNCCO3)CC2)CN1C/C=C/c1ccccc1. The predicted octanol–water partition coefficient (Wildman–Crippen LogP) is 1.53. The van der Waals surface area contributed by atoms with Crippen LogP contribution in [0.25, 0.3) is 6.08 Å². The van der Waals surface area contributed by atoms with Crippen molar-refractivity contribution in [2.75, 3.05) is 45.9 Å². The Labute approximate surface area is 166 Å². The minimum absolute atomic E-state index is 0.0279. The molecule has 4 rings (SSSR count). The van der Waals surface area contributed by atoms with E-state index >= 15 is 0 Å². The average Bonchev–Trinajstić information content (AvgIpc) is 3.04. The molecule has 3 saturated heterocycles. The van der Waals surface area contributed by atoms with Crippen molar-refractivity contribution in [3.63, 3.8) is 0 Å². The van der Waals surface area contributed by atoms with Crippen LogP contribution in [0.3, 0.4) is 0 Å². The molecule has 6 nitrogen and oxygen atoms in total. The van der Waals surface area contributed by atoms with Gasteiger partial charge in [-0.1, -0.05) is 42.5 Å². The molecule has 0 saturated carbocycles. The van der Waals surface area contributed by atoms with E-state index in [-0.39, 0.29) is 23.3 Å². The molecule has 1 aromatic carbocycles. The Morgan fingerprint density at radius 1 is 1.25 bits per heavy atom. The first-order chi connectivity index (χ1) is 13.7. The van der Waals surface area contributed by atoms with Crippen molar-refractivity contribution in [3.05, 3.63) is 42.0 Å². The van der Waals surface area contributed by atoms with Gasteiger partial charge in [0.15, 0.2) is 0 Å². The predicted molar refractivity (Wildman–Crippen MR) is 108 cm³/mol. The summed E-state index contributed by atoms with van der Waals surface area (Å²) in [5.41, 5.74) is 1.18. The maximum Gasteiger partial charge on any atom is 0.253 e. The second-order valence-electron chi connectivity index (χ2n) is 8.15. The zero-order chi connectivity index (χ0) is 19.4. The van der Waals surface area contributed by atoms with Gasteiger partial charge in [0, 0.05) is 51.1 Å². The van der Waals surface area contributed by atoms with Gasteiger partial charge in [-0.25, -0.2) is 0 Å². The highest BCUT2D eigenvalue weighted by atomic mass is 16.5. The molecule has 3 aliphatic heterocycles. The number of piperidine rings is 1. The van der Waals surface area contributed by atoms with Crippen LogP contribution in [0.1, 0.15) is 24.8 Å². The van der Waals surface area contributed by atoms with Crippen LogP contribution in [-0.4, -0.2) is 73.6 Å². The third-order valence-corrected chi connectivity index (χ3v) is 6.18. The third-order valence-electron chi connectivity index (χ3n) is 6.18. The maximum atomic E-state index is 12.6. The maximum absolute atomic E-state index is 12.6. The fourth-order valence-corrected chi connectivity index (χ4v) is 4.49. The van der Waals surface area contributed by atoms with E-state index in [1.165, 1.54) is 0 Å². The highest BCUT2D eigenvalue weighted by molar-refractivity contribution is 5.82. The number of amides is 2. The Balaban J connectivity index is 1.29.